The van der Waals surface area contributed by atoms with Crippen LogP contribution in [0.4, 0.5) is 0 Å². The average molecular weight is 371 g/mol. The lowest BCUT2D eigenvalue weighted by atomic mass is 9.47. The molecule has 1 N–H and O–H groups in total. The zero-order chi connectivity index (χ0) is 18.8. The van der Waals surface area contributed by atoms with Gasteiger partial charge in [0.1, 0.15) is 0 Å². The maximum atomic E-state index is 12.1. The van der Waals surface area contributed by atoms with Gasteiger partial charge in [-0.15, -0.1) is 0 Å². The second kappa shape index (κ2) is 6.44. The van der Waals surface area contributed by atoms with Gasteiger partial charge in [-0.1, -0.05) is 45.1 Å². The molecule has 5 rings (SSSR count). The molecule has 0 saturated heterocycles. The van der Waals surface area contributed by atoms with Crippen molar-refractivity contribution in [2.45, 2.75) is 96.5 Å². The van der Waals surface area contributed by atoms with Gasteiger partial charge < -0.3 is 5.11 Å². The van der Waals surface area contributed by atoms with Crippen LogP contribution in [0.2, 0.25) is 0 Å². The van der Waals surface area contributed by atoms with Gasteiger partial charge >= 0.3 is 0 Å². The Labute approximate surface area is 165 Å². The SMILES string of the molecule is CCC[C@@H]1CC2=CC(=O)CC[C@@H]2[C@H]2CC[C@@]3(C)[C@@H](C[C@@H]4CCCC[C@@]43O)[C@H]12. The predicted octanol–water partition coefficient (Wildman–Crippen LogP) is 5.69. The van der Waals surface area contributed by atoms with Crippen molar-refractivity contribution in [3.63, 3.8) is 0 Å². The fourth-order valence-electron chi connectivity index (χ4n) is 8.94. The van der Waals surface area contributed by atoms with E-state index in [1.165, 1.54) is 63.4 Å². The van der Waals surface area contributed by atoms with Crippen molar-refractivity contribution < 1.29 is 9.90 Å². The summed E-state index contributed by atoms with van der Waals surface area (Å²) in [5.74, 6) is 4.60. The minimum atomic E-state index is -0.393. The van der Waals surface area contributed by atoms with Crippen molar-refractivity contribution >= 4 is 5.78 Å². The van der Waals surface area contributed by atoms with E-state index >= 15 is 0 Å². The monoisotopic (exact) mass is 370 g/mol. The highest BCUT2D eigenvalue weighted by molar-refractivity contribution is 5.91. The molecule has 0 spiro atoms. The fraction of sp³-hybridized carbons (Fsp3) is 0.880. The minimum Gasteiger partial charge on any atom is -0.389 e. The summed E-state index contributed by atoms with van der Waals surface area (Å²) in [5.41, 5.74) is 1.25. The standard InChI is InChI=1S/C25H38O2/c1-3-6-16-13-17-14-19(26)8-9-20(17)21-10-12-24(2)22(23(16)21)15-18-7-4-5-11-25(18,24)27/h14,16,18,20-23,27H,3-13,15H2,1-2H3/t16-,18+,20+,21-,22+,23-,24+,25-/m1/s1. The lowest BCUT2D eigenvalue weighted by Gasteiger charge is -2.58. The highest BCUT2D eigenvalue weighted by Crippen LogP contribution is 2.69. The van der Waals surface area contributed by atoms with E-state index < -0.39 is 5.60 Å². The van der Waals surface area contributed by atoms with Crippen LogP contribution in [0.1, 0.15) is 90.9 Å². The summed E-state index contributed by atoms with van der Waals surface area (Å²) < 4.78 is 0. The first-order valence-corrected chi connectivity index (χ1v) is 11.9. The molecule has 0 aliphatic heterocycles. The maximum Gasteiger partial charge on any atom is 0.155 e. The highest BCUT2D eigenvalue weighted by atomic mass is 16.3. The zero-order valence-electron chi connectivity index (χ0n) is 17.4. The second-order valence-corrected chi connectivity index (χ2v) is 11.0. The Hall–Kier alpha value is -0.630. The van der Waals surface area contributed by atoms with Gasteiger partial charge in [0.05, 0.1) is 5.60 Å². The molecule has 8 atom stereocenters. The van der Waals surface area contributed by atoms with Gasteiger partial charge in [-0.3, -0.25) is 4.79 Å². The van der Waals surface area contributed by atoms with E-state index in [1.807, 2.05) is 6.08 Å². The van der Waals surface area contributed by atoms with Gasteiger partial charge in [-0.2, -0.15) is 0 Å². The summed E-state index contributed by atoms with van der Waals surface area (Å²) in [6, 6.07) is 0. The van der Waals surface area contributed by atoms with Crippen molar-refractivity contribution in [2.24, 2.45) is 40.9 Å². The number of rotatable bonds is 2. The molecular weight excluding hydrogens is 332 g/mol. The molecular formula is C25H38O2. The molecule has 0 bridgehead atoms. The largest absolute Gasteiger partial charge is 0.389 e. The van der Waals surface area contributed by atoms with Crippen LogP contribution in [-0.4, -0.2) is 16.5 Å². The fourth-order valence-corrected chi connectivity index (χ4v) is 8.94. The van der Waals surface area contributed by atoms with Gasteiger partial charge in [0, 0.05) is 6.42 Å². The first kappa shape index (κ1) is 18.4. The van der Waals surface area contributed by atoms with Gasteiger partial charge in [0.25, 0.3) is 0 Å². The van der Waals surface area contributed by atoms with Crippen molar-refractivity contribution in [3.8, 4) is 0 Å². The quantitative estimate of drug-likeness (QED) is 0.678. The molecule has 2 nitrogen and oxygen atoms in total. The summed E-state index contributed by atoms with van der Waals surface area (Å²) in [6.07, 6.45) is 16.2. The Balaban J connectivity index is 1.53. The van der Waals surface area contributed by atoms with Gasteiger partial charge in [0.2, 0.25) is 0 Å². The molecule has 4 saturated carbocycles. The molecule has 0 heterocycles. The third kappa shape index (κ3) is 2.51. The van der Waals surface area contributed by atoms with Gasteiger partial charge in [0.15, 0.2) is 5.78 Å². The number of carbonyl (C=O) groups is 1. The van der Waals surface area contributed by atoms with E-state index in [-0.39, 0.29) is 5.41 Å². The Morgan fingerprint density at radius 1 is 1.19 bits per heavy atom. The number of fused-ring (bicyclic) bond motifs is 7. The molecule has 0 radical (unpaired) electrons. The molecule has 27 heavy (non-hydrogen) atoms. The van der Waals surface area contributed by atoms with E-state index in [0.29, 0.717) is 23.5 Å². The Kier molecular flexibility index (Phi) is 4.39. The normalized spacial score (nSPS) is 51.7. The van der Waals surface area contributed by atoms with Crippen LogP contribution in [0, 0.1) is 40.9 Å². The zero-order valence-corrected chi connectivity index (χ0v) is 17.4. The van der Waals surface area contributed by atoms with E-state index in [1.54, 1.807) is 0 Å². The van der Waals surface area contributed by atoms with E-state index in [0.717, 1.165) is 37.0 Å². The first-order valence-electron chi connectivity index (χ1n) is 11.9. The van der Waals surface area contributed by atoms with Crippen molar-refractivity contribution in [1.82, 2.24) is 0 Å². The Morgan fingerprint density at radius 3 is 2.85 bits per heavy atom. The Bertz CT molecular complexity index is 651. The smallest absolute Gasteiger partial charge is 0.155 e. The topological polar surface area (TPSA) is 37.3 Å². The average Bonchev–Trinajstić information content (AvgIpc) is 2.89. The molecule has 5 aliphatic rings. The predicted molar refractivity (Wildman–Crippen MR) is 108 cm³/mol. The van der Waals surface area contributed by atoms with Crippen molar-refractivity contribution in [1.29, 1.82) is 0 Å². The first-order chi connectivity index (χ1) is 13.0. The Morgan fingerprint density at radius 2 is 2.04 bits per heavy atom. The van der Waals surface area contributed by atoms with E-state index in [4.69, 9.17) is 0 Å². The number of carbonyl (C=O) groups excluding carboxylic acids is 1. The number of ketones is 1. The minimum absolute atomic E-state index is 0.136. The number of hydrogen-bond acceptors (Lipinski definition) is 2. The summed E-state index contributed by atoms with van der Waals surface area (Å²) in [7, 11) is 0. The number of allylic oxidation sites excluding steroid dienone is 1. The maximum absolute atomic E-state index is 12.1. The van der Waals surface area contributed by atoms with Crippen LogP contribution < -0.4 is 0 Å². The van der Waals surface area contributed by atoms with Crippen molar-refractivity contribution in [2.75, 3.05) is 0 Å². The number of hydrogen-bond donors (Lipinski definition) is 1. The van der Waals surface area contributed by atoms with E-state index in [9.17, 15) is 9.90 Å². The second-order valence-electron chi connectivity index (χ2n) is 11.0. The molecule has 0 amide bonds. The molecule has 0 aromatic carbocycles. The summed E-state index contributed by atoms with van der Waals surface area (Å²) in [5, 5.41) is 11.9. The van der Waals surface area contributed by atoms with Crippen LogP contribution in [0.5, 0.6) is 0 Å². The third-order valence-corrected chi connectivity index (χ3v) is 10.1. The molecule has 150 valence electrons. The highest BCUT2D eigenvalue weighted by Gasteiger charge is 2.67. The van der Waals surface area contributed by atoms with Crippen LogP contribution in [0.3, 0.4) is 0 Å². The van der Waals surface area contributed by atoms with Gasteiger partial charge in [-0.25, -0.2) is 0 Å². The molecule has 4 fully saturated rings. The third-order valence-electron chi connectivity index (χ3n) is 10.1. The molecule has 0 aromatic rings. The van der Waals surface area contributed by atoms with Crippen molar-refractivity contribution in [3.05, 3.63) is 11.6 Å². The molecule has 5 aliphatic carbocycles. The molecule has 0 unspecified atom stereocenters. The molecule has 2 heteroatoms. The molecule has 0 aromatic heterocycles. The lowest BCUT2D eigenvalue weighted by molar-refractivity contribution is -0.152. The van der Waals surface area contributed by atoms with Crippen LogP contribution >= 0.6 is 0 Å². The van der Waals surface area contributed by atoms with Crippen LogP contribution in [-0.2, 0) is 4.79 Å². The lowest BCUT2D eigenvalue weighted by Crippen LogP contribution is -2.56. The van der Waals surface area contributed by atoms with Gasteiger partial charge in [-0.05, 0) is 91.9 Å². The summed E-state index contributed by atoms with van der Waals surface area (Å²) in [6.45, 7) is 4.80. The van der Waals surface area contributed by atoms with Crippen LogP contribution in [0.15, 0.2) is 11.6 Å². The van der Waals surface area contributed by atoms with Crippen LogP contribution in [0.25, 0.3) is 0 Å². The summed E-state index contributed by atoms with van der Waals surface area (Å²) >= 11 is 0. The number of aliphatic hydroxyl groups is 1. The summed E-state index contributed by atoms with van der Waals surface area (Å²) in [4.78, 5) is 12.1. The van der Waals surface area contributed by atoms with E-state index in [2.05, 4.69) is 13.8 Å².